The van der Waals surface area contributed by atoms with Crippen molar-refractivity contribution < 1.29 is 23.1 Å². The first-order chi connectivity index (χ1) is 15.5. The molecule has 0 radical (unpaired) electrons. The third kappa shape index (κ3) is 4.54. The highest BCUT2D eigenvalue weighted by molar-refractivity contribution is 6.11. The maximum Gasteiger partial charge on any atom is 0.259 e. The Hall–Kier alpha value is -4.32. The van der Waals surface area contributed by atoms with Gasteiger partial charge in [-0.1, -0.05) is 36.4 Å². The molecule has 158 valence electrons. The Labute approximate surface area is 183 Å². The van der Waals surface area contributed by atoms with E-state index in [0.717, 1.165) is 12.1 Å². The van der Waals surface area contributed by atoms with E-state index in [1.807, 2.05) is 0 Å². The molecule has 4 aromatic carbocycles. The number of para-hydroxylation sites is 2. The van der Waals surface area contributed by atoms with E-state index in [2.05, 4.69) is 5.32 Å². The molecule has 4 rings (SSSR count). The first-order valence-electron chi connectivity index (χ1n) is 9.75. The first kappa shape index (κ1) is 20.9. The predicted molar refractivity (Wildman–Crippen MR) is 117 cm³/mol. The van der Waals surface area contributed by atoms with E-state index in [-0.39, 0.29) is 22.4 Å². The number of carbonyl (C=O) groups is 2. The molecule has 0 bridgehead atoms. The summed E-state index contributed by atoms with van der Waals surface area (Å²) in [5.41, 5.74) is 0.261. The number of benzene rings is 4. The zero-order valence-electron chi connectivity index (χ0n) is 16.7. The number of carbonyl (C=O) groups excluding carboxylic acids is 2. The van der Waals surface area contributed by atoms with E-state index >= 15 is 4.39 Å². The van der Waals surface area contributed by atoms with Gasteiger partial charge in [0.05, 0.1) is 11.1 Å². The summed E-state index contributed by atoms with van der Waals surface area (Å²) in [7, 11) is 0. The number of nitrogens with one attached hydrogen (secondary N) is 1. The van der Waals surface area contributed by atoms with Crippen LogP contribution in [0.3, 0.4) is 0 Å². The average molecular weight is 429 g/mol. The van der Waals surface area contributed by atoms with Gasteiger partial charge in [0.2, 0.25) is 0 Å². The molecule has 0 aliphatic heterocycles. The highest BCUT2D eigenvalue weighted by atomic mass is 19.1. The summed E-state index contributed by atoms with van der Waals surface area (Å²) in [4.78, 5) is 25.7. The van der Waals surface area contributed by atoms with E-state index in [0.29, 0.717) is 11.4 Å². The van der Waals surface area contributed by atoms with Crippen LogP contribution in [0.5, 0.6) is 11.5 Å². The van der Waals surface area contributed by atoms with Crippen molar-refractivity contribution in [3.05, 3.63) is 125 Å². The van der Waals surface area contributed by atoms with E-state index in [1.54, 1.807) is 60.7 Å². The number of amides is 1. The van der Waals surface area contributed by atoms with Crippen LogP contribution in [-0.4, -0.2) is 11.7 Å². The van der Waals surface area contributed by atoms with Crippen molar-refractivity contribution in [3.8, 4) is 11.5 Å². The molecule has 1 N–H and O–H groups in total. The minimum atomic E-state index is -0.983. The normalized spacial score (nSPS) is 10.4. The number of anilines is 1. The van der Waals surface area contributed by atoms with Crippen LogP contribution in [0.15, 0.2) is 97.1 Å². The fourth-order valence-corrected chi connectivity index (χ4v) is 3.09. The van der Waals surface area contributed by atoms with Gasteiger partial charge in [0.25, 0.3) is 5.91 Å². The van der Waals surface area contributed by atoms with Crippen molar-refractivity contribution in [1.82, 2.24) is 0 Å². The Bertz CT molecular complexity index is 1260. The predicted octanol–water partition coefficient (Wildman–Crippen LogP) is 6.24. The summed E-state index contributed by atoms with van der Waals surface area (Å²) in [5, 5.41) is 2.69. The molecule has 0 fully saturated rings. The highest BCUT2D eigenvalue weighted by Crippen LogP contribution is 2.32. The summed E-state index contributed by atoms with van der Waals surface area (Å²) in [5.74, 6) is -2.83. The van der Waals surface area contributed by atoms with Crippen molar-refractivity contribution in [2.24, 2.45) is 0 Å². The van der Waals surface area contributed by atoms with Crippen molar-refractivity contribution in [3.63, 3.8) is 0 Å². The second-order valence-electron chi connectivity index (χ2n) is 6.88. The van der Waals surface area contributed by atoms with E-state index < -0.39 is 23.3 Å². The first-order valence-corrected chi connectivity index (χ1v) is 9.75. The minimum absolute atomic E-state index is 0.0779. The maximum absolute atomic E-state index is 15.5. The number of hydrogen-bond donors (Lipinski definition) is 1. The van der Waals surface area contributed by atoms with Gasteiger partial charge in [-0.2, -0.15) is 0 Å². The van der Waals surface area contributed by atoms with Crippen LogP contribution in [0.25, 0.3) is 0 Å². The average Bonchev–Trinajstić information content (AvgIpc) is 2.81. The number of rotatable bonds is 6. The number of ketones is 1. The summed E-state index contributed by atoms with van der Waals surface area (Å²) < 4.78 is 34.4. The third-order valence-electron chi connectivity index (χ3n) is 4.69. The lowest BCUT2D eigenvalue weighted by molar-refractivity contribution is 0.101. The van der Waals surface area contributed by atoms with Gasteiger partial charge in [-0.05, 0) is 60.7 Å². The van der Waals surface area contributed by atoms with Crippen LogP contribution in [0.2, 0.25) is 0 Å². The molecular formula is C26H17F2NO3. The highest BCUT2D eigenvalue weighted by Gasteiger charge is 2.24. The monoisotopic (exact) mass is 429 g/mol. The molecule has 0 heterocycles. The minimum Gasteiger partial charge on any atom is -0.453 e. The van der Waals surface area contributed by atoms with Gasteiger partial charge in [-0.25, -0.2) is 8.78 Å². The molecule has 0 saturated carbocycles. The summed E-state index contributed by atoms with van der Waals surface area (Å²) in [6, 6.07) is 24.4. The molecule has 32 heavy (non-hydrogen) atoms. The molecule has 0 spiro atoms. The zero-order valence-corrected chi connectivity index (χ0v) is 16.7. The second kappa shape index (κ2) is 9.22. The van der Waals surface area contributed by atoms with Gasteiger partial charge in [-0.15, -0.1) is 0 Å². The van der Waals surface area contributed by atoms with Gasteiger partial charge in [-0.3, -0.25) is 9.59 Å². The molecule has 0 aliphatic carbocycles. The molecular weight excluding hydrogens is 412 g/mol. The summed E-state index contributed by atoms with van der Waals surface area (Å²) in [6.45, 7) is 0. The molecule has 4 nitrogen and oxygen atoms in total. The maximum atomic E-state index is 15.5. The van der Waals surface area contributed by atoms with Gasteiger partial charge in [0, 0.05) is 11.3 Å². The van der Waals surface area contributed by atoms with E-state index in [4.69, 9.17) is 4.74 Å². The Balaban J connectivity index is 1.75. The number of halogens is 2. The zero-order chi connectivity index (χ0) is 22.5. The lowest BCUT2D eigenvalue weighted by Gasteiger charge is -2.15. The Morgan fingerprint density at radius 1 is 0.688 bits per heavy atom. The largest absolute Gasteiger partial charge is 0.453 e. The Kier molecular flexibility index (Phi) is 6.03. The number of hydrogen-bond acceptors (Lipinski definition) is 3. The fourth-order valence-electron chi connectivity index (χ4n) is 3.09. The third-order valence-corrected chi connectivity index (χ3v) is 4.69. The van der Waals surface area contributed by atoms with Crippen LogP contribution in [0, 0.1) is 11.6 Å². The molecule has 1 amide bonds. The molecule has 0 atom stereocenters. The fraction of sp³-hybridized carbons (Fsp3) is 0. The SMILES string of the molecule is O=C(c1ccc(F)cc1)c1ccc(C(=O)Nc2ccccc2)c(Oc2ccccc2)c1F. The quantitative estimate of drug-likeness (QED) is 0.369. The lowest BCUT2D eigenvalue weighted by Crippen LogP contribution is -2.15. The van der Waals surface area contributed by atoms with E-state index in [1.165, 1.54) is 24.3 Å². The second-order valence-corrected chi connectivity index (χ2v) is 6.88. The topological polar surface area (TPSA) is 55.4 Å². The summed E-state index contributed by atoms with van der Waals surface area (Å²) in [6.07, 6.45) is 0. The summed E-state index contributed by atoms with van der Waals surface area (Å²) >= 11 is 0. The van der Waals surface area contributed by atoms with Crippen LogP contribution in [0.4, 0.5) is 14.5 Å². The smallest absolute Gasteiger partial charge is 0.259 e. The van der Waals surface area contributed by atoms with Gasteiger partial charge < -0.3 is 10.1 Å². The van der Waals surface area contributed by atoms with Gasteiger partial charge >= 0.3 is 0 Å². The standard InChI is InChI=1S/C26H17F2NO3/c27-18-13-11-17(12-14-18)24(30)21-15-16-22(26(31)29-19-7-3-1-4-8-19)25(23(21)28)32-20-9-5-2-6-10-20/h1-16H,(H,29,31). The molecule has 0 aliphatic rings. The van der Waals surface area contributed by atoms with Crippen molar-refractivity contribution in [1.29, 1.82) is 0 Å². The lowest BCUT2D eigenvalue weighted by atomic mass is 10.00. The Morgan fingerprint density at radius 3 is 1.94 bits per heavy atom. The number of ether oxygens (including phenoxy) is 1. The molecule has 6 heteroatoms. The molecule has 0 saturated heterocycles. The van der Waals surface area contributed by atoms with Crippen LogP contribution in [-0.2, 0) is 0 Å². The molecule has 0 aromatic heterocycles. The van der Waals surface area contributed by atoms with Crippen molar-refractivity contribution >= 4 is 17.4 Å². The van der Waals surface area contributed by atoms with Crippen LogP contribution in [0.1, 0.15) is 26.3 Å². The molecule has 4 aromatic rings. The van der Waals surface area contributed by atoms with Gasteiger partial charge in [0.1, 0.15) is 11.6 Å². The van der Waals surface area contributed by atoms with Crippen molar-refractivity contribution in [2.45, 2.75) is 0 Å². The Morgan fingerprint density at radius 2 is 1.28 bits per heavy atom. The van der Waals surface area contributed by atoms with Gasteiger partial charge in [0.15, 0.2) is 17.3 Å². The van der Waals surface area contributed by atoms with Crippen LogP contribution >= 0.6 is 0 Å². The van der Waals surface area contributed by atoms with Crippen molar-refractivity contribution in [2.75, 3.05) is 5.32 Å². The van der Waals surface area contributed by atoms with E-state index in [9.17, 15) is 14.0 Å². The van der Waals surface area contributed by atoms with Crippen LogP contribution < -0.4 is 10.1 Å². The molecule has 0 unspecified atom stereocenters.